The first kappa shape index (κ1) is 13.5. The summed E-state index contributed by atoms with van der Waals surface area (Å²) in [6.07, 6.45) is 0. The van der Waals surface area contributed by atoms with Crippen LogP contribution in [0.25, 0.3) is 0 Å². The molecule has 1 rings (SSSR count). The average molecular weight is 214 g/mol. The topological polar surface area (TPSA) is 58.6 Å². The predicted molar refractivity (Wildman–Crippen MR) is 42.5 cm³/mol. The van der Waals surface area contributed by atoms with E-state index < -0.39 is 12.9 Å². The largest absolute Gasteiger partial charge is 1.00 e. The zero-order valence-electron chi connectivity index (χ0n) is 8.58. The van der Waals surface area contributed by atoms with Gasteiger partial charge in [0.2, 0.25) is 0 Å². The van der Waals surface area contributed by atoms with Gasteiger partial charge in [0.05, 0.1) is 7.37 Å². The zero-order chi connectivity index (χ0) is 9.57. The Hall–Kier alpha value is 0.530. The van der Waals surface area contributed by atoms with Crippen LogP contribution < -0.4 is 34.5 Å². The fourth-order valence-corrected chi connectivity index (χ4v) is 1.50. The molecule has 6 heteroatoms. The zero-order valence-corrected chi connectivity index (χ0v) is 11.5. The van der Waals surface area contributed by atoms with Gasteiger partial charge >= 0.3 is 29.6 Å². The molecule has 0 bridgehead atoms. The molecular weight excluding hydrogens is 202 g/mol. The molecule has 0 radical (unpaired) electrons. The number of rotatable bonds is 1. The Bertz CT molecular complexity index is 266. The van der Waals surface area contributed by atoms with Crippen LogP contribution in [0.2, 0.25) is 0 Å². The van der Waals surface area contributed by atoms with Gasteiger partial charge in [-0.05, 0) is 20.5 Å². The fourth-order valence-electron chi connectivity index (χ4n) is 0.899. The van der Waals surface area contributed by atoms with Crippen molar-refractivity contribution in [3.05, 3.63) is 11.5 Å². The van der Waals surface area contributed by atoms with Crippen LogP contribution in [0.5, 0.6) is 0 Å². The van der Waals surface area contributed by atoms with Gasteiger partial charge in [-0.3, -0.25) is 0 Å². The predicted octanol–water partition coefficient (Wildman–Crippen LogP) is -1.77. The summed E-state index contributed by atoms with van der Waals surface area (Å²) in [6, 6.07) is 0. The quantitative estimate of drug-likeness (QED) is 0.383. The molecule has 1 atom stereocenters. The summed E-state index contributed by atoms with van der Waals surface area (Å²) in [4.78, 5) is 11.2. The summed E-state index contributed by atoms with van der Waals surface area (Å²) >= 11 is 0. The van der Waals surface area contributed by atoms with Crippen LogP contribution in [-0.4, -0.2) is 12.2 Å². The van der Waals surface area contributed by atoms with Crippen LogP contribution >= 0.6 is 7.37 Å². The van der Waals surface area contributed by atoms with Crippen LogP contribution in [0.15, 0.2) is 11.5 Å². The molecule has 0 amide bonds. The van der Waals surface area contributed by atoms with E-state index in [0.717, 1.165) is 6.66 Å². The van der Waals surface area contributed by atoms with Gasteiger partial charge in [-0.25, -0.2) is 0 Å². The van der Waals surface area contributed by atoms with Crippen LogP contribution in [0.1, 0.15) is 20.8 Å². The molecule has 0 N–H and O–H groups in total. The maximum atomic E-state index is 11.2. The third-order valence-electron chi connectivity index (χ3n) is 1.92. The Kier molecular flexibility index (Phi) is 4.11. The molecule has 1 aliphatic heterocycles. The van der Waals surface area contributed by atoms with Gasteiger partial charge in [0, 0.05) is 6.92 Å². The van der Waals surface area contributed by atoms with Crippen molar-refractivity contribution in [2.45, 2.75) is 26.3 Å². The van der Waals surface area contributed by atoms with Gasteiger partial charge in [-0.15, -0.1) is 0 Å². The van der Waals surface area contributed by atoms with Gasteiger partial charge in [0.15, 0.2) is 0 Å². The van der Waals surface area contributed by atoms with Crippen molar-refractivity contribution in [3.8, 4) is 0 Å². The first-order valence-corrected chi connectivity index (χ1v) is 5.67. The van der Waals surface area contributed by atoms with E-state index in [4.69, 9.17) is 9.47 Å². The first-order chi connectivity index (χ1) is 5.26. The van der Waals surface area contributed by atoms with Gasteiger partial charge in [0.1, 0.15) is 11.5 Å². The van der Waals surface area contributed by atoms with Gasteiger partial charge in [0.25, 0.3) is 5.53 Å². The molecule has 0 spiro atoms. The summed E-state index contributed by atoms with van der Waals surface area (Å²) in [7, 11) is -3.64. The second-order valence-electron chi connectivity index (χ2n) is 3.06. The summed E-state index contributed by atoms with van der Waals surface area (Å²) in [5.41, 5.74) is -1.50. The van der Waals surface area contributed by atoms with Crippen LogP contribution in [0.4, 0.5) is 0 Å². The van der Waals surface area contributed by atoms with Gasteiger partial charge in [-0.1, -0.05) is 0 Å². The second kappa shape index (κ2) is 3.95. The Morgan fingerprint density at radius 1 is 1.31 bits per heavy atom. The summed E-state index contributed by atoms with van der Waals surface area (Å²) in [5, 5.41) is 0. The normalized spacial score (nSPS) is 24.1. The number of ether oxygens (including phenoxy) is 2. The minimum Gasteiger partial charge on any atom is -0.794 e. The number of hydrogen-bond acceptors (Lipinski definition) is 4. The number of hydrogen-bond donors (Lipinski definition) is 0. The Morgan fingerprint density at radius 3 is 1.77 bits per heavy atom. The molecule has 0 saturated heterocycles. The van der Waals surface area contributed by atoms with E-state index in [1.54, 1.807) is 13.8 Å². The van der Waals surface area contributed by atoms with E-state index in [9.17, 15) is 9.46 Å². The molecule has 0 aliphatic carbocycles. The molecule has 1 aliphatic rings. The maximum absolute atomic E-state index is 11.2. The van der Waals surface area contributed by atoms with Crippen molar-refractivity contribution >= 4 is 7.37 Å². The van der Waals surface area contributed by atoms with Crippen LogP contribution in [0, 0.1) is 0 Å². The molecular formula is C7H12NaO4P. The summed E-state index contributed by atoms with van der Waals surface area (Å²) in [6.45, 7) is 5.87. The van der Waals surface area contributed by atoms with Crippen molar-refractivity contribution in [1.82, 2.24) is 0 Å². The van der Waals surface area contributed by atoms with E-state index in [2.05, 4.69) is 0 Å². The molecule has 0 fully saturated rings. The SMILES string of the molecule is CC1=C(C)OC(C)(P(C)(=O)[O-])O1.[Na+]. The molecule has 13 heavy (non-hydrogen) atoms. The molecule has 4 nitrogen and oxygen atoms in total. The molecule has 1 unspecified atom stereocenters. The van der Waals surface area contributed by atoms with Crippen molar-refractivity contribution in [3.63, 3.8) is 0 Å². The smallest absolute Gasteiger partial charge is 0.794 e. The van der Waals surface area contributed by atoms with Crippen LogP contribution in [0.3, 0.4) is 0 Å². The van der Waals surface area contributed by atoms with Crippen molar-refractivity contribution < 1.29 is 48.5 Å². The number of allylic oxidation sites excluding steroid dienone is 2. The molecule has 70 valence electrons. The first-order valence-electron chi connectivity index (χ1n) is 3.60. The molecule has 0 aromatic rings. The third-order valence-corrected chi connectivity index (χ3v) is 3.58. The van der Waals surface area contributed by atoms with E-state index in [-0.39, 0.29) is 29.6 Å². The Morgan fingerprint density at radius 2 is 1.62 bits per heavy atom. The Labute approximate surface area is 100 Å². The van der Waals surface area contributed by atoms with Gasteiger partial charge < -0.3 is 18.9 Å². The van der Waals surface area contributed by atoms with Crippen LogP contribution in [-0.2, 0) is 14.0 Å². The molecule has 0 aromatic heterocycles. The second-order valence-corrected chi connectivity index (χ2v) is 5.56. The maximum Gasteiger partial charge on any atom is 1.00 e. The fraction of sp³-hybridized carbons (Fsp3) is 0.714. The van der Waals surface area contributed by atoms with E-state index in [1.165, 1.54) is 6.92 Å². The minimum absolute atomic E-state index is 0. The van der Waals surface area contributed by atoms with Crippen molar-refractivity contribution in [2.75, 3.05) is 6.66 Å². The molecule has 0 saturated carbocycles. The monoisotopic (exact) mass is 214 g/mol. The summed E-state index contributed by atoms with van der Waals surface area (Å²) in [5.74, 6) is 1.05. The average Bonchev–Trinajstić information content (AvgIpc) is 2.06. The molecule has 0 aromatic carbocycles. The molecule has 1 heterocycles. The van der Waals surface area contributed by atoms with E-state index in [1.807, 2.05) is 0 Å². The Balaban J connectivity index is 0.00000144. The van der Waals surface area contributed by atoms with E-state index in [0.29, 0.717) is 11.5 Å². The minimum atomic E-state index is -3.64. The van der Waals surface area contributed by atoms with Crippen molar-refractivity contribution in [1.29, 1.82) is 0 Å². The summed E-state index contributed by atoms with van der Waals surface area (Å²) < 4.78 is 21.4. The van der Waals surface area contributed by atoms with E-state index >= 15 is 0 Å². The van der Waals surface area contributed by atoms with Gasteiger partial charge in [-0.2, -0.15) is 0 Å². The third kappa shape index (κ3) is 2.51. The van der Waals surface area contributed by atoms with Crippen molar-refractivity contribution in [2.24, 2.45) is 0 Å². The standard InChI is InChI=1S/C7H13O4P.Na/c1-5-6(2)11-7(3,10-5)12(4,8)9;/h1-4H3,(H,8,9);/q;+1/p-1.